The number of likely N-dealkylation sites (tertiary alicyclic amines) is 1. The van der Waals surface area contributed by atoms with Crippen molar-refractivity contribution in [2.45, 2.75) is 79.0 Å². The maximum atomic E-state index is 13.0. The molecule has 1 saturated heterocycles. The van der Waals surface area contributed by atoms with Gasteiger partial charge in [0.05, 0.1) is 12.6 Å². The van der Waals surface area contributed by atoms with Crippen molar-refractivity contribution in [1.29, 1.82) is 0 Å². The fourth-order valence-electron chi connectivity index (χ4n) is 4.54. The zero-order valence-corrected chi connectivity index (χ0v) is 23.5. The number of rotatable bonds is 10. The number of nitrogens with one attached hydrogen (secondary N) is 3. The Morgan fingerprint density at radius 3 is 2.46 bits per heavy atom. The van der Waals surface area contributed by atoms with E-state index < -0.39 is 35.3 Å². The Hall–Kier alpha value is -3.89. The Kier molecular flexibility index (Phi) is 9.71. The largest absolute Gasteiger partial charge is 0.444 e. The second-order valence-electron chi connectivity index (χ2n) is 10.7. The van der Waals surface area contributed by atoms with Gasteiger partial charge in [-0.05, 0) is 32.8 Å². The number of anilines is 1. The monoisotopic (exact) mass is 541 g/mol. The molecule has 1 fully saturated rings. The molecule has 2 heterocycles. The van der Waals surface area contributed by atoms with E-state index in [0.29, 0.717) is 36.5 Å². The van der Waals surface area contributed by atoms with Crippen LogP contribution in [-0.4, -0.2) is 59.1 Å². The number of carbonyl (C=O) groups is 4. The number of alkyl carbamates (subject to hydrolysis) is 1. The second-order valence-corrected chi connectivity index (χ2v) is 10.7. The molecule has 0 aliphatic carbocycles. The number of amides is 4. The van der Waals surface area contributed by atoms with Crippen LogP contribution in [0.25, 0.3) is 0 Å². The van der Waals surface area contributed by atoms with Gasteiger partial charge in [-0.25, -0.2) is 9.59 Å². The Labute approximate surface area is 229 Å². The van der Waals surface area contributed by atoms with E-state index in [4.69, 9.17) is 9.26 Å². The van der Waals surface area contributed by atoms with Gasteiger partial charge in [-0.2, -0.15) is 0 Å². The third-order valence-electron chi connectivity index (χ3n) is 6.98. The first-order valence-corrected chi connectivity index (χ1v) is 13.3. The van der Waals surface area contributed by atoms with Gasteiger partial charge < -0.3 is 30.1 Å². The Bertz CT molecular complexity index is 1160. The quantitative estimate of drug-likeness (QED) is 0.381. The number of hydrogen-bond donors (Lipinski definition) is 3. The van der Waals surface area contributed by atoms with Gasteiger partial charge in [0, 0.05) is 12.0 Å². The number of Topliss-reactive ketones (excluding diaryl/α,β-unsaturated/α-hetero) is 1. The lowest BCUT2D eigenvalue weighted by atomic mass is 9.90. The van der Waals surface area contributed by atoms with Crippen LogP contribution in [-0.2, 0) is 14.3 Å². The van der Waals surface area contributed by atoms with E-state index >= 15 is 0 Å². The highest BCUT2D eigenvalue weighted by molar-refractivity contribution is 6.38. The molecule has 3 atom stereocenters. The van der Waals surface area contributed by atoms with Crippen LogP contribution in [0.2, 0.25) is 0 Å². The summed E-state index contributed by atoms with van der Waals surface area (Å²) in [6.07, 6.45) is 0.300. The molecular formula is C28H39N5O6. The van der Waals surface area contributed by atoms with E-state index in [1.54, 1.807) is 25.7 Å². The van der Waals surface area contributed by atoms with Crippen molar-refractivity contribution in [2.24, 2.45) is 5.41 Å². The van der Waals surface area contributed by atoms with Crippen LogP contribution in [0.5, 0.6) is 0 Å². The van der Waals surface area contributed by atoms with Crippen LogP contribution < -0.4 is 16.0 Å². The Morgan fingerprint density at radius 2 is 1.85 bits per heavy atom. The lowest BCUT2D eigenvalue weighted by Crippen LogP contribution is -2.49. The molecule has 0 bridgehead atoms. The van der Waals surface area contributed by atoms with Crippen molar-refractivity contribution in [2.75, 3.05) is 18.4 Å². The molecule has 1 aromatic carbocycles. The number of aromatic nitrogens is 1. The molecule has 11 heteroatoms. The van der Waals surface area contributed by atoms with E-state index in [-0.39, 0.29) is 18.6 Å². The van der Waals surface area contributed by atoms with E-state index in [2.05, 4.69) is 21.1 Å². The minimum absolute atomic E-state index is 0.165. The average molecular weight is 542 g/mol. The van der Waals surface area contributed by atoms with Gasteiger partial charge in [-0.3, -0.25) is 9.59 Å². The van der Waals surface area contributed by atoms with Gasteiger partial charge >= 0.3 is 12.1 Å². The number of benzene rings is 1. The number of ketones is 1. The topological polar surface area (TPSA) is 143 Å². The predicted molar refractivity (Wildman–Crippen MR) is 145 cm³/mol. The molecule has 1 aliphatic heterocycles. The third kappa shape index (κ3) is 7.58. The van der Waals surface area contributed by atoms with Crippen molar-refractivity contribution >= 4 is 29.5 Å². The van der Waals surface area contributed by atoms with Crippen LogP contribution in [0, 0.1) is 19.3 Å². The lowest BCUT2D eigenvalue weighted by Gasteiger charge is -2.26. The number of urea groups is 1. The van der Waals surface area contributed by atoms with Gasteiger partial charge in [-0.1, -0.05) is 69.1 Å². The van der Waals surface area contributed by atoms with Crippen molar-refractivity contribution in [3.63, 3.8) is 0 Å². The summed E-state index contributed by atoms with van der Waals surface area (Å²) in [4.78, 5) is 53.1. The summed E-state index contributed by atoms with van der Waals surface area (Å²) in [6, 6.07) is 7.55. The highest BCUT2D eigenvalue weighted by Gasteiger charge is 2.44. The van der Waals surface area contributed by atoms with Gasteiger partial charge in [0.2, 0.25) is 5.78 Å². The molecule has 4 amide bonds. The number of unbranched alkanes of at least 4 members (excludes halogenated alkanes) is 1. The van der Waals surface area contributed by atoms with Gasteiger partial charge in [-0.15, -0.1) is 0 Å². The standard InChI is InChI=1S/C28H39N5O6/c1-7-8-14-21(24(34)25(35)29-17(2)20-12-10-9-11-13-20)30-27(37)38-22-15-33(16-28(22,5)6)26(36)31-23-18(3)32-39-19(23)4/h9-13,17,21-22H,7-8,14-16H2,1-6H3,(H,29,35)(H,30,37)(H,31,36)/t17-,21+,22+/m1/s1. The fourth-order valence-corrected chi connectivity index (χ4v) is 4.54. The predicted octanol–water partition coefficient (Wildman–Crippen LogP) is 4.27. The first kappa shape index (κ1) is 29.7. The molecule has 0 unspecified atom stereocenters. The molecule has 2 aromatic rings. The number of nitrogens with zero attached hydrogens (tertiary/aromatic N) is 2. The zero-order valence-electron chi connectivity index (χ0n) is 23.5. The summed E-state index contributed by atoms with van der Waals surface area (Å²) in [5.41, 5.74) is 1.40. The van der Waals surface area contributed by atoms with Crippen LogP contribution >= 0.6 is 0 Å². The minimum atomic E-state index is -1.02. The van der Waals surface area contributed by atoms with Crippen LogP contribution in [0.1, 0.15) is 70.0 Å². The fraction of sp³-hybridized carbons (Fsp3) is 0.536. The molecule has 0 radical (unpaired) electrons. The summed E-state index contributed by atoms with van der Waals surface area (Å²) >= 11 is 0. The molecular weight excluding hydrogens is 502 g/mol. The summed E-state index contributed by atoms with van der Waals surface area (Å²) in [5, 5.41) is 12.0. The Morgan fingerprint density at radius 1 is 1.15 bits per heavy atom. The second kappa shape index (κ2) is 12.8. The molecule has 1 aromatic heterocycles. The van der Waals surface area contributed by atoms with Crippen molar-refractivity contribution in [3.8, 4) is 0 Å². The summed E-state index contributed by atoms with van der Waals surface area (Å²) in [5.74, 6) is -0.998. The van der Waals surface area contributed by atoms with Crippen molar-refractivity contribution < 1.29 is 28.4 Å². The van der Waals surface area contributed by atoms with E-state index in [1.165, 1.54) is 0 Å². The lowest BCUT2D eigenvalue weighted by molar-refractivity contribution is -0.139. The van der Waals surface area contributed by atoms with E-state index in [0.717, 1.165) is 12.0 Å². The van der Waals surface area contributed by atoms with Gasteiger partial charge in [0.1, 0.15) is 23.5 Å². The van der Waals surface area contributed by atoms with Crippen LogP contribution in [0.15, 0.2) is 34.9 Å². The molecule has 3 N–H and O–H groups in total. The molecule has 39 heavy (non-hydrogen) atoms. The molecule has 212 valence electrons. The van der Waals surface area contributed by atoms with Crippen LogP contribution in [0.4, 0.5) is 15.3 Å². The van der Waals surface area contributed by atoms with E-state index in [9.17, 15) is 19.2 Å². The first-order valence-electron chi connectivity index (χ1n) is 13.3. The average Bonchev–Trinajstić information content (AvgIpc) is 3.38. The molecule has 3 rings (SSSR count). The van der Waals surface area contributed by atoms with Gasteiger partial charge in [0.25, 0.3) is 5.91 Å². The molecule has 1 aliphatic rings. The highest BCUT2D eigenvalue weighted by atomic mass is 16.6. The number of ether oxygens (including phenoxy) is 1. The van der Waals surface area contributed by atoms with Crippen molar-refractivity contribution in [1.82, 2.24) is 20.7 Å². The summed E-state index contributed by atoms with van der Waals surface area (Å²) in [7, 11) is 0. The van der Waals surface area contributed by atoms with Crippen molar-refractivity contribution in [3.05, 3.63) is 47.3 Å². The van der Waals surface area contributed by atoms with E-state index in [1.807, 2.05) is 51.1 Å². The minimum Gasteiger partial charge on any atom is -0.444 e. The maximum Gasteiger partial charge on any atom is 0.408 e. The number of carbonyl (C=O) groups excluding carboxylic acids is 4. The molecule has 11 nitrogen and oxygen atoms in total. The highest BCUT2D eigenvalue weighted by Crippen LogP contribution is 2.33. The Balaban J connectivity index is 1.60. The maximum absolute atomic E-state index is 13.0. The van der Waals surface area contributed by atoms with Gasteiger partial charge in [0.15, 0.2) is 5.76 Å². The zero-order chi connectivity index (χ0) is 28.7. The molecule has 0 saturated carbocycles. The number of aryl methyl sites for hydroxylation is 2. The summed E-state index contributed by atoms with van der Waals surface area (Å²) in [6.45, 7) is 11.5. The molecule has 0 spiro atoms. The first-order chi connectivity index (χ1) is 18.4. The smallest absolute Gasteiger partial charge is 0.408 e. The SMILES string of the molecule is CCCC[C@H](NC(=O)O[C@H]1CN(C(=O)Nc2c(C)noc2C)CC1(C)C)C(=O)C(=O)N[C@H](C)c1ccccc1. The van der Waals surface area contributed by atoms with Crippen LogP contribution in [0.3, 0.4) is 0 Å². The third-order valence-corrected chi connectivity index (χ3v) is 6.98. The summed E-state index contributed by atoms with van der Waals surface area (Å²) < 4.78 is 10.8. The normalized spacial score (nSPS) is 17.7. The number of hydrogen-bond acceptors (Lipinski definition) is 7.